The molecule has 0 amide bonds. The number of rotatable bonds is 13. The maximum absolute atomic E-state index is 6.37. The van der Waals surface area contributed by atoms with Crippen molar-refractivity contribution in [1.29, 1.82) is 0 Å². The van der Waals surface area contributed by atoms with Crippen molar-refractivity contribution in [2.75, 3.05) is 34.2 Å². The van der Waals surface area contributed by atoms with Crippen LogP contribution in [0.25, 0.3) is 0 Å². The average molecular weight is 505 g/mol. The summed E-state index contributed by atoms with van der Waals surface area (Å²) in [7, 11) is 3.36. The Kier molecular flexibility index (Phi) is 9.48. The number of benzene rings is 3. The van der Waals surface area contributed by atoms with E-state index in [0.717, 1.165) is 42.9 Å². The maximum atomic E-state index is 6.37. The van der Waals surface area contributed by atoms with Crippen LogP contribution < -0.4 is 14.2 Å². The van der Waals surface area contributed by atoms with Crippen molar-refractivity contribution in [2.24, 2.45) is 0 Å². The highest BCUT2D eigenvalue weighted by Gasteiger charge is 2.42. The number of aryl methyl sites for hydroxylation is 1. The van der Waals surface area contributed by atoms with E-state index in [-0.39, 0.29) is 12.2 Å². The molecule has 0 spiro atoms. The molecule has 0 aliphatic carbocycles. The van der Waals surface area contributed by atoms with E-state index in [2.05, 4.69) is 61.5 Å². The summed E-state index contributed by atoms with van der Waals surface area (Å²) in [5.74, 6) is 2.95. The third-order valence-corrected chi connectivity index (χ3v) is 7.37. The van der Waals surface area contributed by atoms with Crippen molar-refractivity contribution in [3.8, 4) is 17.2 Å². The first-order valence-electron chi connectivity index (χ1n) is 13.3. The van der Waals surface area contributed by atoms with E-state index in [9.17, 15) is 0 Å². The zero-order valence-electron chi connectivity index (χ0n) is 22.6. The monoisotopic (exact) mass is 504 g/mol. The molecule has 1 heterocycles. The number of hydrogen-bond donors (Lipinski definition) is 0. The Morgan fingerprint density at radius 2 is 1.57 bits per heavy atom. The van der Waals surface area contributed by atoms with Gasteiger partial charge in [0.15, 0.2) is 6.79 Å². The molecule has 198 valence electrons. The minimum atomic E-state index is -0.132. The number of methoxy groups -OCH3 is 2. The Morgan fingerprint density at radius 1 is 0.838 bits per heavy atom. The SMILES string of the molecule is CCOc1ccc(CCCCC2c3ccc(OCOC)cc3OCC2(C)c2ccc(COC)cc2)cc1. The zero-order chi connectivity index (χ0) is 26.1. The first kappa shape index (κ1) is 27.0. The second-order valence-electron chi connectivity index (χ2n) is 9.96. The van der Waals surface area contributed by atoms with Gasteiger partial charge < -0.3 is 23.7 Å². The van der Waals surface area contributed by atoms with Gasteiger partial charge in [-0.2, -0.15) is 0 Å². The van der Waals surface area contributed by atoms with E-state index in [1.54, 1.807) is 14.2 Å². The van der Waals surface area contributed by atoms with Crippen molar-refractivity contribution in [1.82, 2.24) is 0 Å². The standard InChI is InChI=1S/C32H40O5/c1-5-35-27-16-12-24(13-17-27)8-6-7-9-30-29-19-18-28(37-23-34-4)20-31(29)36-22-32(30,2)26-14-10-25(11-15-26)21-33-3/h10-20,30H,5-9,21-23H2,1-4H3. The second-order valence-corrected chi connectivity index (χ2v) is 9.96. The first-order chi connectivity index (χ1) is 18.1. The molecule has 5 heteroatoms. The van der Waals surface area contributed by atoms with Crippen molar-refractivity contribution in [3.63, 3.8) is 0 Å². The molecule has 0 saturated carbocycles. The van der Waals surface area contributed by atoms with Gasteiger partial charge in [-0.3, -0.25) is 0 Å². The van der Waals surface area contributed by atoms with Crippen LogP contribution in [-0.2, 0) is 27.9 Å². The Hall–Kier alpha value is -3.02. The fourth-order valence-electron chi connectivity index (χ4n) is 5.32. The lowest BCUT2D eigenvalue weighted by atomic mass is 9.66. The molecule has 0 fully saturated rings. The van der Waals surface area contributed by atoms with E-state index in [0.29, 0.717) is 25.7 Å². The molecular formula is C32H40O5. The number of hydrogen-bond acceptors (Lipinski definition) is 5. The Labute approximate surface area is 221 Å². The Morgan fingerprint density at radius 3 is 2.27 bits per heavy atom. The van der Waals surface area contributed by atoms with Crippen LogP contribution in [0.5, 0.6) is 17.2 Å². The third kappa shape index (κ3) is 6.65. The predicted molar refractivity (Wildman–Crippen MR) is 147 cm³/mol. The number of fused-ring (bicyclic) bond motifs is 1. The largest absolute Gasteiger partial charge is 0.494 e. The zero-order valence-corrected chi connectivity index (χ0v) is 22.6. The van der Waals surface area contributed by atoms with Gasteiger partial charge in [0.25, 0.3) is 0 Å². The van der Waals surface area contributed by atoms with Crippen LogP contribution >= 0.6 is 0 Å². The molecule has 2 atom stereocenters. The van der Waals surface area contributed by atoms with Crippen molar-refractivity contribution < 1.29 is 23.7 Å². The van der Waals surface area contributed by atoms with Crippen LogP contribution in [0.1, 0.15) is 61.3 Å². The number of ether oxygens (including phenoxy) is 5. The lowest BCUT2D eigenvalue weighted by Crippen LogP contribution is -2.40. The lowest BCUT2D eigenvalue weighted by molar-refractivity contribution is 0.0506. The van der Waals surface area contributed by atoms with Crippen LogP contribution in [-0.4, -0.2) is 34.2 Å². The minimum Gasteiger partial charge on any atom is -0.494 e. The highest BCUT2D eigenvalue weighted by molar-refractivity contribution is 5.48. The molecule has 5 nitrogen and oxygen atoms in total. The summed E-state index contributed by atoms with van der Waals surface area (Å²) in [4.78, 5) is 0. The van der Waals surface area contributed by atoms with Gasteiger partial charge in [-0.1, -0.05) is 55.8 Å². The summed E-state index contributed by atoms with van der Waals surface area (Å²) < 4.78 is 28.0. The van der Waals surface area contributed by atoms with Gasteiger partial charge in [0, 0.05) is 31.6 Å². The fourth-order valence-corrected chi connectivity index (χ4v) is 5.32. The molecule has 0 N–H and O–H groups in total. The lowest BCUT2D eigenvalue weighted by Gasteiger charge is -2.43. The first-order valence-corrected chi connectivity index (χ1v) is 13.3. The molecule has 3 aromatic rings. The molecule has 1 aliphatic rings. The van der Waals surface area contributed by atoms with E-state index in [1.165, 1.54) is 22.3 Å². The van der Waals surface area contributed by atoms with Crippen LogP contribution in [0.4, 0.5) is 0 Å². The summed E-state index contributed by atoms with van der Waals surface area (Å²) in [5, 5.41) is 0. The van der Waals surface area contributed by atoms with E-state index in [1.807, 2.05) is 19.1 Å². The molecule has 0 bridgehead atoms. The summed E-state index contributed by atoms with van der Waals surface area (Å²) in [6.45, 7) is 6.51. The van der Waals surface area contributed by atoms with Gasteiger partial charge in [0.05, 0.1) is 19.8 Å². The molecule has 1 aliphatic heterocycles. The summed E-state index contributed by atoms with van der Waals surface area (Å²) in [6.07, 6.45) is 4.42. The third-order valence-electron chi connectivity index (χ3n) is 7.37. The smallest absolute Gasteiger partial charge is 0.188 e. The van der Waals surface area contributed by atoms with Crippen molar-refractivity contribution >= 4 is 0 Å². The van der Waals surface area contributed by atoms with Crippen LogP contribution in [0.2, 0.25) is 0 Å². The minimum absolute atomic E-state index is 0.132. The maximum Gasteiger partial charge on any atom is 0.188 e. The normalized spacial score (nSPS) is 18.6. The molecule has 37 heavy (non-hydrogen) atoms. The number of unbranched alkanes of at least 4 members (excludes halogenated alkanes) is 1. The summed E-state index contributed by atoms with van der Waals surface area (Å²) in [6, 6.07) is 23.5. The molecule has 2 unspecified atom stereocenters. The summed E-state index contributed by atoms with van der Waals surface area (Å²) >= 11 is 0. The van der Waals surface area contributed by atoms with Crippen LogP contribution in [0, 0.1) is 0 Å². The van der Waals surface area contributed by atoms with Gasteiger partial charge in [0.2, 0.25) is 0 Å². The molecule has 4 rings (SSSR count). The fraction of sp³-hybridized carbons (Fsp3) is 0.438. The van der Waals surface area contributed by atoms with Crippen molar-refractivity contribution in [3.05, 3.63) is 89.0 Å². The van der Waals surface area contributed by atoms with Gasteiger partial charge in [-0.05, 0) is 66.6 Å². The quantitative estimate of drug-likeness (QED) is 0.184. The highest BCUT2D eigenvalue weighted by Crippen LogP contribution is 2.49. The Bertz CT molecular complexity index is 1110. The second kappa shape index (κ2) is 13.0. The van der Waals surface area contributed by atoms with E-state index >= 15 is 0 Å². The van der Waals surface area contributed by atoms with Crippen LogP contribution in [0.15, 0.2) is 66.7 Å². The topological polar surface area (TPSA) is 46.2 Å². The highest BCUT2D eigenvalue weighted by atomic mass is 16.7. The Balaban J connectivity index is 1.51. The predicted octanol–water partition coefficient (Wildman–Crippen LogP) is 7.06. The van der Waals surface area contributed by atoms with Gasteiger partial charge >= 0.3 is 0 Å². The van der Waals surface area contributed by atoms with E-state index in [4.69, 9.17) is 23.7 Å². The molecule has 3 aromatic carbocycles. The average Bonchev–Trinajstić information content (AvgIpc) is 2.92. The van der Waals surface area contributed by atoms with Crippen molar-refractivity contribution in [2.45, 2.75) is 57.5 Å². The van der Waals surface area contributed by atoms with Gasteiger partial charge in [-0.25, -0.2) is 0 Å². The molecule has 0 aromatic heterocycles. The van der Waals surface area contributed by atoms with Gasteiger partial charge in [-0.15, -0.1) is 0 Å². The van der Waals surface area contributed by atoms with E-state index < -0.39 is 0 Å². The van der Waals surface area contributed by atoms with Gasteiger partial charge in [0.1, 0.15) is 17.2 Å². The molecular weight excluding hydrogens is 464 g/mol. The molecule has 0 saturated heterocycles. The van der Waals surface area contributed by atoms with Crippen LogP contribution in [0.3, 0.4) is 0 Å². The molecule has 0 radical (unpaired) electrons. The summed E-state index contributed by atoms with van der Waals surface area (Å²) in [5.41, 5.74) is 4.95.